The summed E-state index contributed by atoms with van der Waals surface area (Å²) in [5.41, 5.74) is 6.88. The molecule has 0 spiro atoms. The molecule has 3 heteroatoms. The van der Waals surface area contributed by atoms with Crippen LogP contribution in [0.4, 0.5) is 0 Å². The lowest BCUT2D eigenvalue weighted by Crippen LogP contribution is -2.11. The Kier molecular flexibility index (Phi) is 3.88. The van der Waals surface area contributed by atoms with Gasteiger partial charge < -0.3 is 5.73 Å². The molecule has 1 aromatic rings. The van der Waals surface area contributed by atoms with Crippen LogP contribution in [0.5, 0.6) is 0 Å². The van der Waals surface area contributed by atoms with Gasteiger partial charge in [-0.1, -0.05) is 13.3 Å². The summed E-state index contributed by atoms with van der Waals surface area (Å²) < 4.78 is 0. The van der Waals surface area contributed by atoms with E-state index in [2.05, 4.69) is 25.8 Å². The average molecular weight is 198 g/mol. The van der Waals surface area contributed by atoms with Crippen LogP contribution >= 0.6 is 11.3 Å². The second-order valence-electron chi connectivity index (χ2n) is 3.42. The van der Waals surface area contributed by atoms with E-state index < -0.39 is 0 Å². The molecule has 0 aliphatic rings. The summed E-state index contributed by atoms with van der Waals surface area (Å²) in [5, 5.41) is 1.22. The van der Waals surface area contributed by atoms with Gasteiger partial charge in [0.15, 0.2) is 0 Å². The molecule has 0 saturated carbocycles. The zero-order valence-corrected chi connectivity index (χ0v) is 9.45. The van der Waals surface area contributed by atoms with Crippen molar-refractivity contribution in [3.05, 3.63) is 15.6 Å². The number of nitrogens with two attached hydrogens (primary N) is 1. The van der Waals surface area contributed by atoms with Crippen LogP contribution in [0, 0.1) is 13.8 Å². The molecule has 0 aromatic carbocycles. The molecule has 0 aliphatic heterocycles. The maximum atomic E-state index is 5.72. The zero-order chi connectivity index (χ0) is 9.84. The average Bonchev–Trinajstić information content (AvgIpc) is 2.43. The molecule has 0 bridgehead atoms. The third kappa shape index (κ3) is 2.51. The van der Waals surface area contributed by atoms with Crippen molar-refractivity contribution in [2.24, 2.45) is 5.73 Å². The minimum absolute atomic E-state index is 0.474. The summed E-state index contributed by atoms with van der Waals surface area (Å²) in [6.45, 7) is 7.10. The van der Waals surface area contributed by atoms with Gasteiger partial charge >= 0.3 is 0 Å². The Morgan fingerprint density at radius 1 is 1.46 bits per heavy atom. The minimum Gasteiger partial charge on any atom is -0.330 e. The predicted molar refractivity (Wildman–Crippen MR) is 58.3 cm³/mol. The van der Waals surface area contributed by atoms with Crippen LogP contribution < -0.4 is 5.73 Å². The number of hydrogen-bond donors (Lipinski definition) is 1. The Labute approximate surface area is 84.2 Å². The van der Waals surface area contributed by atoms with Crippen molar-refractivity contribution in [3.63, 3.8) is 0 Å². The van der Waals surface area contributed by atoms with Gasteiger partial charge in [0.1, 0.15) is 0 Å². The third-order valence-electron chi connectivity index (χ3n) is 2.32. The van der Waals surface area contributed by atoms with E-state index in [0.29, 0.717) is 5.92 Å². The van der Waals surface area contributed by atoms with Crippen LogP contribution in [0.1, 0.15) is 41.3 Å². The first kappa shape index (κ1) is 10.7. The lowest BCUT2D eigenvalue weighted by atomic mass is 10.1. The minimum atomic E-state index is 0.474. The van der Waals surface area contributed by atoms with Crippen LogP contribution in [0.3, 0.4) is 0 Å². The molecule has 74 valence electrons. The molecule has 1 atom stereocenters. The molecule has 0 saturated heterocycles. The normalized spacial score (nSPS) is 13.2. The number of aromatic nitrogens is 1. The van der Waals surface area contributed by atoms with Gasteiger partial charge in [-0.25, -0.2) is 4.98 Å². The lowest BCUT2D eigenvalue weighted by molar-refractivity contribution is 0.618. The molecular weight excluding hydrogens is 180 g/mol. The predicted octanol–water partition coefficient (Wildman–Crippen LogP) is 2.60. The van der Waals surface area contributed by atoms with Gasteiger partial charge in [-0.05, 0) is 20.3 Å². The highest BCUT2D eigenvalue weighted by molar-refractivity contribution is 7.11. The number of nitrogens with zero attached hydrogens (tertiary/aromatic N) is 1. The van der Waals surface area contributed by atoms with E-state index in [0.717, 1.165) is 18.7 Å². The van der Waals surface area contributed by atoms with Crippen molar-refractivity contribution < 1.29 is 0 Å². The van der Waals surface area contributed by atoms with E-state index in [-0.39, 0.29) is 0 Å². The second-order valence-corrected chi connectivity index (χ2v) is 4.65. The molecule has 2 N–H and O–H groups in total. The molecule has 1 heterocycles. The number of rotatable bonds is 4. The third-order valence-corrected chi connectivity index (χ3v) is 3.55. The molecule has 0 fully saturated rings. The fourth-order valence-electron chi connectivity index (χ4n) is 1.36. The maximum absolute atomic E-state index is 5.72. The monoisotopic (exact) mass is 198 g/mol. The summed E-state index contributed by atoms with van der Waals surface area (Å²) >= 11 is 1.80. The molecule has 0 amide bonds. The zero-order valence-electron chi connectivity index (χ0n) is 8.63. The fraction of sp³-hybridized carbons (Fsp3) is 0.700. The number of thiazole rings is 1. The Morgan fingerprint density at radius 2 is 2.15 bits per heavy atom. The van der Waals surface area contributed by atoms with E-state index in [1.165, 1.54) is 16.3 Å². The van der Waals surface area contributed by atoms with Crippen molar-refractivity contribution in [3.8, 4) is 0 Å². The standard InChI is InChI=1S/C10H18N2S/c1-4-5-9(6-11)10-12-7(2)8(3)13-10/h9H,4-6,11H2,1-3H3. The highest BCUT2D eigenvalue weighted by atomic mass is 32.1. The summed E-state index contributed by atoms with van der Waals surface area (Å²) in [6, 6.07) is 0. The van der Waals surface area contributed by atoms with Gasteiger partial charge in [0.25, 0.3) is 0 Å². The lowest BCUT2D eigenvalue weighted by Gasteiger charge is -2.09. The molecule has 2 nitrogen and oxygen atoms in total. The van der Waals surface area contributed by atoms with Crippen molar-refractivity contribution in [1.29, 1.82) is 0 Å². The topological polar surface area (TPSA) is 38.9 Å². The van der Waals surface area contributed by atoms with Crippen molar-refractivity contribution in [2.75, 3.05) is 6.54 Å². The van der Waals surface area contributed by atoms with Gasteiger partial charge in [-0.3, -0.25) is 0 Å². The van der Waals surface area contributed by atoms with Gasteiger partial charge in [0, 0.05) is 17.3 Å². The SMILES string of the molecule is CCCC(CN)c1nc(C)c(C)s1. The summed E-state index contributed by atoms with van der Waals surface area (Å²) in [6.07, 6.45) is 2.34. The Morgan fingerprint density at radius 3 is 2.54 bits per heavy atom. The number of hydrogen-bond acceptors (Lipinski definition) is 3. The van der Waals surface area contributed by atoms with Crippen LogP contribution in [0.2, 0.25) is 0 Å². The van der Waals surface area contributed by atoms with Gasteiger partial charge in [0.05, 0.1) is 10.7 Å². The van der Waals surface area contributed by atoms with Crippen LogP contribution in [-0.2, 0) is 0 Å². The molecular formula is C10H18N2S. The van der Waals surface area contributed by atoms with E-state index in [9.17, 15) is 0 Å². The highest BCUT2D eigenvalue weighted by Crippen LogP contribution is 2.26. The van der Waals surface area contributed by atoms with Crippen LogP contribution in [0.15, 0.2) is 0 Å². The van der Waals surface area contributed by atoms with Crippen molar-refractivity contribution in [2.45, 2.75) is 39.5 Å². The first-order chi connectivity index (χ1) is 6.19. The van der Waals surface area contributed by atoms with Gasteiger partial charge in [-0.2, -0.15) is 0 Å². The van der Waals surface area contributed by atoms with E-state index in [1.807, 2.05) is 0 Å². The van der Waals surface area contributed by atoms with E-state index in [4.69, 9.17) is 5.73 Å². The first-order valence-electron chi connectivity index (χ1n) is 4.83. The smallest absolute Gasteiger partial charge is 0.0974 e. The van der Waals surface area contributed by atoms with Crippen molar-refractivity contribution >= 4 is 11.3 Å². The number of aryl methyl sites for hydroxylation is 2. The molecule has 1 unspecified atom stereocenters. The quantitative estimate of drug-likeness (QED) is 0.807. The molecule has 0 aliphatic carbocycles. The summed E-state index contributed by atoms with van der Waals surface area (Å²) in [4.78, 5) is 5.86. The summed E-state index contributed by atoms with van der Waals surface area (Å²) in [5.74, 6) is 0.474. The molecule has 1 aromatic heterocycles. The molecule has 1 rings (SSSR count). The largest absolute Gasteiger partial charge is 0.330 e. The maximum Gasteiger partial charge on any atom is 0.0974 e. The van der Waals surface area contributed by atoms with Crippen LogP contribution in [0.25, 0.3) is 0 Å². The van der Waals surface area contributed by atoms with E-state index >= 15 is 0 Å². The second kappa shape index (κ2) is 4.72. The summed E-state index contributed by atoms with van der Waals surface area (Å²) in [7, 11) is 0. The van der Waals surface area contributed by atoms with Crippen molar-refractivity contribution in [1.82, 2.24) is 4.98 Å². The van der Waals surface area contributed by atoms with Gasteiger partial charge in [-0.15, -0.1) is 11.3 Å². The Hall–Kier alpha value is -0.410. The highest BCUT2D eigenvalue weighted by Gasteiger charge is 2.13. The first-order valence-corrected chi connectivity index (χ1v) is 5.64. The molecule has 0 radical (unpaired) electrons. The van der Waals surface area contributed by atoms with Gasteiger partial charge in [0.2, 0.25) is 0 Å². The molecule has 13 heavy (non-hydrogen) atoms. The Bertz CT molecular complexity index is 248. The fourth-order valence-corrected chi connectivity index (χ4v) is 2.43. The Balaban J connectivity index is 2.78. The van der Waals surface area contributed by atoms with Crippen LogP contribution in [-0.4, -0.2) is 11.5 Å². The van der Waals surface area contributed by atoms with E-state index in [1.54, 1.807) is 11.3 Å².